The van der Waals surface area contributed by atoms with Gasteiger partial charge < -0.3 is 20.1 Å². The van der Waals surface area contributed by atoms with Crippen LogP contribution in [0.4, 0.5) is 0 Å². The summed E-state index contributed by atoms with van der Waals surface area (Å²) in [5.74, 6) is -0.344. The van der Waals surface area contributed by atoms with Gasteiger partial charge in [-0.2, -0.15) is 0 Å². The predicted octanol–water partition coefficient (Wildman–Crippen LogP) is 13.9. The number of phosphoric ester groups is 1. The number of carbonyl (C=O) groups is 1. The maximum atomic E-state index is 12.6. The smallest absolute Gasteiger partial charge is 0.457 e. The quantitative estimate of drug-likeness (QED) is 0.0270. The molecule has 0 rings (SSSR count). The first-order valence-electron chi connectivity index (χ1n) is 22.9. The third kappa shape index (κ3) is 44.9. The van der Waals surface area contributed by atoms with Crippen LogP contribution in [0.5, 0.6) is 0 Å². The van der Waals surface area contributed by atoms with Crippen LogP contribution in [0.2, 0.25) is 0 Å². The Bertz CT molecular complexity index is 1100. The molecule has 0 aliphatic carbocycles. The number of hydrogen-bond donors (Lipinski definition) is 2. The summed E-state index contributed by atoms with van der Waals surface area (Å²) in [6.45, 7) is 4.75. The van der Waals surface area contributed by atoms with Crippen LogP contribution in [0.25, 0.3) is 0 Å². The van der Waals surface area contributed by atoms with Crippen LogP contribution in [-0.4, -0.2) is 49.9 Å². The Kier molecular flexibility index (Phi) is 43.4. The van der Waals surface area contributed by atoms with Crippen LogP contribution in [0.15, 0.2) is 72.9 Å². The second kappa shape index (κ2) is 45.0. The van der Waals surface area contributed by atoms with Crippen molar-refractivity contribution in [3.63, 3.8) is 0 Å². The Morgan fingerprint density at radius 3 is 1.47 bits per heavy atom. The maximum absolute atomic E-state index is 12.6. The number of rotatable bonds is 43. The van der Waals surface area contributed by atoms with Crippen molar-refractivity contribution >= 4 is 13.8 Å². The Morgan fingerprint density at radius 2 is 0.982 bits per heavy atom. The number of nitrogens with two attached hydrogens (primary N) is 1. The zero-order valence-corrected chi connectivity index (χ0v) is 37.4. The van der Waals surface area contributed by atoms with Gasteiger partial charge in [-0.1, -0.05) is 170 Å². The molecule has 0 fully saturated rings. The number of esters is 1. The van der Waals surface area contributed by atoms with E-state index in [4.69, 9.17) is 24.3 Å². The zero-order chi connectivity index (χ0) is 41.6. The zero-order valence-electron chi connectivity index (χ0n) is 36.6. The molecule has 3 N–H and O–H groups in total. The Hall–Kier alpha value is -2.06. The van der Waals surface area contributed by atoms with Gasteiger partial charge in [0.2, 0.25) is 0 Å². The molecule has 0 radical (unpaired) electrons. The first-order valence-corrected chi connectivity index (χ1v) is 24.4. The van der Waals surface area contributed by atoms with Crippen molar-refractivity contribution in [2.45, 2.75) is 193 Å². The van der Waals surface area contributed by atoms with Gasteiger partial charge in [-0.25, -0.2) is 4.57 Å². The highest BCUT2D eigenvalue weighted by molar-refractivity contribution is 7.47. The van der Waals surface area contributed by atoms with Gasteiger partial charge in [-0.15, -0.1) is 0 Å². The molecule has 0 saturated carbocycles. The van der Waals surface area contributed by atoms with Crippen LogP contribution in [0, 0.1) is 0 Å². The minimum absolute atomic E-state index is 0.0935. The van der Waals surface area contributed by atoms with Crippen LogP contribution < -0.4 is 5.73 Å². The molecule has 0 bridgehead atoms. The molecule has 0 aromatic rings. The summed E-state index contributed by atoms with van der Waals surface area (Å²) >= 11 is 0. The minimum atomic E-state index is -4.29. The molecule has 0 spiro atoms. The van der Waals surface area contributed by atoms with E-state index in [1.165, 1.54) is 83.5 Å². The first-order chi connectivity index (χ1) is 27.9. The maximum Gasteiger partial charge on any atom is 0.472 e. The molecule has 57 heavy (non-hydrogen) atoms. The van der Waals surface area contributed by atoms with Gasteiger partial charge in [0.05, 0.1) is 19.8 Å². The fourth-order valence-electron chi connectivity index (χ4n) is 6.02. The van der Waals surface area contributed by atoms with Crippen molar-refractivity contribution in [1.29, 1.82) is 0 Å². The lowest BCUT2D eigenvalue weighted by atomic mass is 10.1. The van der Waals surface area contributed by atoms with E-state index in [2.05, 4.69) is 86.8 Å². The van der Waals surface area contributed by atoms with Gasteiger partial charge in [0.15, 0.2) is 0 Å². The molecule has 0 aromatic carbocycles. The van der Waals surface area contributed by atoms with Crippen molar-refractivity contribution in [1.82, 2.24) is 0 Å². The van der Waals surface area contributed by atoms with Crippen LogP contribution in [-0.2, 0) is 27.9 Å². The van der Waals surface area contributed by atoms with E-state index in [1.54, 1.807) is 0 Å². The second-order valence-corrected chi connectivity index (χ2v) is 16.3. The molecule has 2 atom stereocenters. The van der Waals surface area contributed by atoms with Crippen molar-refractivity contribution < 1.29 is 32.8 Å². The lowest BCUT2D eigenvalue weighted by Crippen LogP contribution is -2.28. The molecule has 330 valence electrons. The normalized spacial score (nSPS) is 14.1. The number of hydrogen-bond acceptors (Lipinski definition) is 7. The SMILES string of the molecule is CC/C=C\C/C=C\C/C=C\C/C=C\CCCCCCCCCOCC(COP(=O)(O)OCCN)OC(=O)CCCCCCCCC/C=C\C/C=C\CCCCCC. The fourth-order valence-corrected chi connectivity index (χ4v) is 6.78. The highest BCUT2D eigenvalue weighted by Gasteiger charge is 2.25. The summed E-state index contributed by atoms with van der Waals surface area (Å²) in [7, 11) is -4.29. The average Bonchev–Trinajstić information content (AvgIpc) is 3.20. The molecule has 8 nitrogen and oxygen atoms in total. The van der Waals surface area contributed by atoms with E-state index in [0.717, 1.165) is 83.5 Å². The third-order valence-electron chi connectivity index (χ3n) is 9.36. The van der Waals surface area contributed by atoms with Gasteiger partial charge in [0.1, 0.15) is 6.10 Å². The predicted molar refractivity (Wildman–Crippen MR) is 242 cm³/mol. The lowest BCUT2D eigenvalue weighted by molar-refractivity contribution is -0.154. The summed E-state index contributed by atoms with van der Waals surface area (Å²) < 4.78 is 33.5. The van der Waals surface area contributed by atoms with Crippen LogP contribution in [0.3, 0.4) is 0 Å². The summed E-state index contributed by atoms with van der Waals surface area (Å²) in [6, 6.07) is 0. The molecular weight excluding hydrogens is 734 g/mol. The van der Waals surface area contributed by atoms with E-state index in [1.807, 2.05) is 0 Å². The largest absolute Gasteiger partial charge is 0.472 e. The van der Waals surface area contributed by atoms with Gasteiger partial charge >= 0.3 is 13.8 Å². The number of ether oxygens (including phenoxy) is 2. The fraction of sp³-hybridized carbons (Fsp3) is 0.729. The van der Waals surface area contributed by atoms with E-state index in [9.17, 15) is 14.3 Å². The summed E-state index contributed by atoms with van der Waals surface area (Å²) in [5, 5.41) is 0. The van der Waals surface area contributed by atoms with Crippen LogP contribution >= 0.6 is 7.82 Å². The molecule has 0 aliphatic rings. The van der Waals surface area contributed by atoms with E-state index >= 15 is 0 Å². The number of phosphoric acid groups is 1. The van der Waals surface area contributed by atoms with Crippen molar-refractivity contribution in [3.05, 3.63) is 72.9 Å². The molecule has 0 aliphatic heterocycles. The molecule has 2 unspecified atom stereocenters. The topological polar surface area (TPSA) is 117 Å². The number of allylic oxidation sites excluding steroid dienone is 12. The number of unbranched alkanes of at least 4 members (excludes halogenated alkanes) is 18. The van der Waals surface area contributed by atoms with Gasteiger partial charge in [0.25, 0.3) is 0 Å². The van der Waals surface area contributed by atoms with Gasteiger partial charge in [0, 0.05) is 19.6 Å². The standard InChI is InChI=1S/C48H86NO7P/c1-3-5-7-9-11-13-15-17-19-21-23-24-26-28-30-32-34-36-38-40-43-53-45-47(46-55-57(51,52)54-44-42-49)56-48(50)41-39-37-35-33-31-29-27-25-22-20-18-16-14-12-10-8-6-4-2/h5,7,11,13-14,16-17,19-20,22-24,47H,3-4,6,8-10,12,15,18,21,25-46,49H2,1-2H3,(H,51,52)/b7-5-,13-11-,16-14-,19-17-,22-20-,24-23-. The highest BCUT2D eigenvalue weighted by atomic mass is 31.2. The van der Waals surface area contributed by atoms with Crippen molar-refractivity contribution in [3.8, 4) is 0 Å². The van der Waals surface area contributed by atoms with Crippen molar-refractivity contribution in [2.24, 2.45) is 5.73 Å². The Labute approximate surface area is 350 Å². The molecule has 0 amide bonds. The summed E-state index contributed by atoms with van der Waals surface area (Å²) in [6.07, 6.45) is 56.3. The third-order valence-corrected chi connectivity index (χ3v) is 10.3. The molecule has 0 heterocycles. The molecule has 0 saturated heterocycles. The Balaban J connectivity index is 4.05. The summed E-state index contributed by atoms with van der Waals surface area (Å²) in [5.41, 5.74) is 5.38. The molecular formula is C48H86NO7P. The Morgan fingerprint density at radius 1 is 0.544 bits per heavy atom. The van der Waals surface area contributed by atoms with E-state index in [0.29, 0.717) is 13.0 Å². The van der Waals surface area contributed by atoms with E-state index in [-0.39, 0.29) is 32.3 Å². The monoisotopic (exact) mass is 820 g/mol. The first kappa shape index (κ1) is 54.9. The lowest BCUT2D eigenvalue weighted by Gasteiger charge is -2.20. The van der Waals surface area contributed by atoms with Gasteiger partial charge in [-0.3, -0.25) is 13.8 Å². The van der Waals surface area contributed by atoms with Crippen LogP contribution in [0.1, 0.15) is 187 Å². The molecule has 0 aromatic heterocycles. The minimum Gasteiger partial charge on any atom is -0.457 e. The van der Waals surface area contributed by atoms with E-state index < -0.39 is 13.9 Å². The average molecular weight is 820 g/mol. The summed E-state index contributed by atoms with van der Waals surface area (Å²) in [4.78, 5) is 22.5. The highest BCUT2D eigenvalue weighted by Crippen LogP contribution is 2.43. The second-order valence-electron chi connectivity index (χ2n) is 14.9. The van der Waals surface area contributed by atoms with Crippen molar-refractivity contribution in [2.75, 3.05) is 33.0 Å². The number of carbonyl (C=O) groups excluding carboxylic acids is 1. The van der Waals surface area contributed by atoms with Gasteiger partial charge in [-0.05, 0) is 83.5 Å². The molecule has 9 heteroatoms.